The first-order chi connectivity index (χ1) is 10.0. The Morgan fingerprint density at radius 3 is 2.10 bits per heavy atom. The van der Waals surface area contributed by atoms with Crippen molar-refractivity contribution in [1.82, 2.24) is 0 Å². The molecule has 1 aliphatic rings. The minimum Gasteiger partial charge on any atom is -0.283 e. The largest absolute Gasteiger partial charge is 0.306 e. The number of Topliss-reactive ketones (excluding diaryl/α,β-unsaturated/α-hetero) is 1. The van der Waals surface area contributed by atoms with Gasteiger partial charge in [-0.2, -0.15) is 0 Å². The summed E-state index contributed by atoms with van der Waals surface area (Å²) in [5.41, 5.74) is 0.513. The van der Waals surface area contributed by atoms with Crippen LogP contribution in [0, 0.1) is 0 Å². The molecule has 0 atom stereocenters. The van der Waals surface area contributed by atoms with Crippen LogP contribution in [0.25, 0.3) is 0 Å². The van der Waals surface area contributed by atoms with Crippen LogP contribution in [-0.2, 0) is 4.79 Å². The lowest BCUT2D eigenvalue weighted by Crippen LogP contribution is -2.46. The summed E-state index contributed by atoms with van der Waals surface area (Å²) in [5.74, 6) is -2.19. The molecule has 0 spiro atoms. The van der Waals surface area contributed by atoms with Crippen molar-refractivity contribution in [3.05, 3.63) is 63.6 Å². The van der Waals surface area contributed by atoms with Gasteiger partial charge in [0, 0.05) is 5.56 Å². The highest BCUT2D eigenvalue weighted by atomic mass is 35.5. The SMILES string of the molecule is O=C1C(=O)N(c2ccc(Cl)c(Cl)c2)C(=O)c2ccccc21. The molecule has 2 aromatic carbocycles. The molecule has 0 N–H and O–H groups in total. The Kier molecular flexibility index (Phi) is 3.27. The zero-order chi connectivity index (χ0) is 15.1. The Hall–Kier alpha value is -2.17. The molecule has 1 heterocycles. The van der Waals surface area contributed by atoms with E-state index in [1.165, 1.54) is 30.3 Å². The van der Waals surface area contributed by atoms with E-state index in [2.05, 4.69) is 0 Å². The number of hydrogen-bond acceptors (Lipinski definition) is 3. The van der Waals surface area contributed by atoms with Crippen LogP contribution >= 0.6 is 23.2 Å². The summed E-state index contributed by atoms with van der Waals surface area (Å²) in [7, 11) is 0. The van der Waals surface area contributed by atoms with Crippen LogP contribution < -0.4 is 4.90 Å². The van der Waals surface area contributed by atoms with Gasteiger partial charge in [-0.05, 0) is 24.3 Å². The van der Waals surface area contributed by atoms with Crippen molar-refractivity contribution in [2.24, 2.45) is 0 Å². The van der Waals surface area contributed by atoms with Crippen molar-refractivity contribution in [2.45, 2.75) is 0 Å². The van der Waals surface area contributed by atoms with Crippen molar-refractivity contribution in [2.75, 3.05) is 4.90 Å². The van der Waals surface area contributed by atoms with Gasteiger partial charge in [0.05, 0.1) is 21.3 Å². The predicted octanol–water partition coefficient (Wildman–Crippen LogP) is 3.36. The molecule has 0 aromatic heterocycles. The zero-order valence-electron chi connectivity index (χ0n) is 10.5. The molecule has 0 radical (unpaired) electrons. The van der Waals surface area contributed by atoms with Crippen LogP contribution in [0.15, 0.2) is 42.5 Å². The van der Waals surface area contributed by atoms with E-state index < -0.39 is 17.6 Å². The average molecular weight is 320 g/mol. The summed E-state index contributed by atoms with van der Waals surface area (Å²) in [5, 5.41) is 0.491. The van der Waals surface area contributed by atoms with Crippen molar-refractivity contribution in [3.63, 3.8) is 0 Å². The quantitative estimate of drug-likeness (QED) is 0.598. The van der Waals surface area contributed by atoms with Gasteiger partial charge >= 0.3 is 5.91 Å². The Labute approximate surface area is 129 Å². The first kappa shape index (κ1) is 13.8. The second-order valence-electron chi connectivity index (χ2n) is 4.42. The normalized spacial score (nSPS) is 14.4. The Morgan fingerprint density at radius 1 is 0.762 bits per heavy atom. The number of anilines is 1. The summed E-state index contributed by atoms with van der Waals surface area (Å²) in [4.78, 5) is 37.5. The van der Waals surface area contributed by atoms with Crippen LogP contribution in [0.5, 0.6) is 0 Å². The fourth-order valence-corrected chi connectivity index (χ4v) is 2.45. The fourth-order valence-electron chi connectivity index (χ4n) is 2.16. The summed E-state index contributed by atoms with van der Waals surface area (Å²) in [6.45, 7) is 0. The van der Waals surface area contributed by atoms with E-state index in [0.29, 0.717) is 5.02 Å². The number of rotatable bonds is 1. The molecule has 104 valence electrons. The number of ketones is 1. The highest BCUT2D eigenvalue weighted by molar-refractivity contribution is 6.56. The van der Waals surface area contributed by atoms with E-state index in [4.69, 9.17) is 23.2 Å². The van der Waals surface area contributed by atoms with Gasteiger partial charge in [0.15, 0.2) is 0 Å². The number of nitrogens with zero attached hydrogens (tertiary/aromatic N) is 1. The zero-order valence-corrected chi connectivity index (χ0v) is 12.0. The molecule has 2 amide bonds. The monoisotopic (exact) mass is 319 g/mol. The van der Waals surface area contributed by atoms with E-state index in [1.54, 1.807) is 12.1 Å². The maximum Gasteiger partial charge on any atom is 0.306 e. The van der Waals surface area contributed by atoms with Crippen LogP contribution in [-0.4, -0.2) is 17.6 Å². The molecule has 0 fully saturated rings. The van der Waals surface area contributed by atoms with Crippen molar-refractivity contribution in [1.29, 1.82) is 0 Å². The number of fused-ring (bicyclic) bond motifs is 1. The molecule has 4 nitrogen and oxygen atoms in total. The minimum absolute atomic E-state index is 0.115. The van der Waals surface area contributed by atoms with E-state index in [9.17, 15) is 14.4 Å². The maximum atomic E-state index is 12.4. The van der Waals surface area contributed by atoms with E-state index in [1.807, 2.05) is 0 Å². The van der Waals surface area contributed by atoms with Crippen molar-refractivity contribution >= 4 is 46.5 Å². The third kappa shape index (κ3) is 2.13. The Morgan fingerprint density at radius 2 is 1.43 bits per heavy atom. The van der Waals surface area contributed by atoms with Gasteiger partial charge in [-0.15, -0.1) is 0 Å². The van der Waals surface area contributed by atoms with Crippen molar-refractivity contribution < 1.29 is 14.4 Å². The number of carbonyl (C=O) groups excluding carboxylic acids is 3. The Balaban J connectivity index is 2.16. The topological polar surface area (TPSA) is 54.5 Å². The van der Waals surface area contributed by atoms with Gasteiger partial charge in [0.25, 0.3) is 11.7 Å². The van der Waals surface area contributed by atoms with E-state index >= 15 is 0 Å². The number of halogens is 2. The van der Waals surface area contributed by atoms with Gasteiger partial charge in [-0.25, -0.2) is 4.90 Å². The molecule has 0 saturated carbocycles. The number of amides is 2. The minimum atomic E-state index is -0.905. The highest BCUT2D eigenvalue weighted by Crippen LogP contribution is 2.30. The van der Waals surface area contributed by atoms with Gasteiger partial charge in [-0.1, -0.05) is 41.4 Å². The lowest BCUT2D eigenvalue weighted by Gasteiger charge is -2.25. The van der Waals surface area contributed by atoms with Gasteiger partial charge in [0.1, 0.15) is 0 Å². The fraction of sp³-hybridized carbons (Fsp3) is 0. The molecular formula is C15H7Cl2NO3. The smallest absolute Gasteiger partial charge is 0.283 e. The molecule has 2 aromatic rings. The Bertz CT molecular complexity index is 801. The lowest BCUT2D eigenvalue weighted by atomic mass is 9.97. The average Bonchev–Trinajstić information content (AvgIpc) is 2.49. The summed E-state index contributed by atoms with van der Waals surface area (Å²) in [6.07, 6.45) is 0. The molecule has 0 unspecified atom stereocenters. The first-order valence-corrected chi connectivity index (χ1v) is 6.73. The molecule has 6 heteroatoms. The molecule has 0 bridgehead atoms. The molecule has 1 aliphatic heterocycles. The molecular weight excluding hydrogens is 313 g/mol. The summed E-state index contributed by atoms with van der Waals surface area (Å²) >= 11 is 11.7. The first-order valence-electron chi connectivity index (χ1n) is 5.98. The summed E-state index contributed by atoms with van der Waals surface area (Å²) in [6, 6.07) is 10.5. The van der Waals surface area contributed by atoms with Gasteiger partial charge in [-0.3, -0.25) is 14.4 Å². The third-order valence-electron chi connectivity index (χ3n) is 3.16. The molecule has 0 aliphatic carbocycles. The van der Waals surface area contributed by atoms with Crippen LogP contribution in [0.4, 0.5) is 5.69 Å². The maximum absolute atomic E-state index is 12.4. The lowest BCUT2D eigenvalue weighted by molar-refractivity contribution is -0.114. The number of imide groups is 1. The van der Waals surface area contributed by atoms with Crippen LogP contribution in [0.3, 0.4) is 0 Å². The van der Waals surface area contributed by atoms with E-state index in [0.717, 1.165) is 4.90 Å². The third-order valence-corrected chi connectivity index (χ3v) is 3.90. The highest BCUT2D eigenvalue weighted by Gasteiger charge is 2.38. The molecule has 0 saturated heterocycles. The molecule has 3 rings (SSSR count). The van der Waals surface area contributed by atoms with E-state index in [-0.39, 0.29) is 21.8 Å². The number of benzene rings is 2. The molecule has 21 heavy (non-hydrogen) atoms. The van der Waals surface area contributed by atoms with Gasteiger partial charge in [0.2, 0.25) is 0 Å². The second kappa shape index (κ2) is 4.98. The number of carbonyl (C=O) groups is 3. The second-order valence-corrected chi connectivity index (χ2v) is 5.23. The standard InChI is InChI=1S/C15H7Cl2NO3/c16-11-6-5-8(7-12(11)17)18-14(20)10-4-2-1-3-9(10)13(19)15(18)21/h1-7H. The number of hydrogen-bond donors (Lipinski definition) is 0. The van der Waals surface area contributed by atoms with Crippen molar-refractivity contribution in [3.8, 4) is 0 Å². The van der Waals surface area contributed by atoms with Crippen LogP contribution in [0.1, 0.15) is 20.7 Å². The predicted molar refractivity (Wildman–Crippen MR) is 79.1 cm³/mol. The van der Waals surface area contributed by atoms with Gasteiger partial charge < -0.3 is 0 Å². The summed E-state index contributed by atoms with van der Waals surface area (Å²) < 4.78 is 0. The van der Waals surface area contributed by atoms with Crippen LogP contribution in [0.2, 0.25) is 10.0 Å².